The van der Waals surface area contributed by atoms with Crippen LogP contribution in [0.25, 0.3) is 22.1 Å². The fourth-order valence-corrected chi connectivity index (χ4v) is 3.39. The van der Waals surface area contributed by atoms with Gasteiger partial charge in [-0.3, -0.25) is 18.7 Å². The zero-order valence-corrected chi connectivity index (χ0v) is 16.6. The lowest BCUT2D eigenvalue weighted by atomic mass is 10.2. The van der Waals surface area contributed by atoms with E-state index in [2.05, 4.69) is 4.98 Å². The fraction of sp³-hybridized carbons (Fsp3) is 0.300. The molecule has 0 aliphatic rings. The van der Waals surface area contributed by atoms with Crippen molar-refractivity contribution in [1.29, 1.82) is 0 Å². The van der Waals surface area contributed by atoms with Gasteiger partial charge in [-0.1, -0.05) is 18.2 Å². The molecule has 9 nitrogen and oxygen atoms in total. The van der Waals surface area contributed by atoms with Crippen LogP contribution < -0.4 is 11.2 Å². The molecule has 3 heterocycles. The minimum absolute atomic E-state index is 0.0784. The van der Waals surface area contributed by atoms with Gasteiger partial charge in [-0.05, 0) is 19.1 Å². The highest BCUT2D eigenvalue weighted by molar-refractivity contribution is 5.80. The smallest absolute Gasteiger partial charge is 0.332 e. The van der Waals surface area contributed by atoms with Crippen molar-refractivity contribution in [3.8, 4) is 0 Å². The molecule has 4 rings (SSSR count). The summed E-state index contributed by atoms with van der Waals surface area (Å²) in [6, 6.07) is 9.28. The molecule has 0 aliphatic carbocycles. The maximum Gasteiger partial charge on any atom is 0.332 e. The molecule has 0 N–H and O–H groups in total. The zero-order valence-electron chi connectivity index (χ0n) is 16.6. The number of carbonyl (C=O) groups is 1. The third-order valence-corrected chi connectivity index (χ3v) is 5.35. The van der Waals surface area contributed by atoms with Gasteiger partial charge >= 0.3 is 5.69 Å². The lowest BCUT2D eigenvalue weighted by Gasteiger charge is -2.23. The highest BCUT2D eigenvalue weighted by Gasteiger charge is 2.23. The number of amides is 1. The lowest BCUT2D eigenvalue weighted by molar-refractivity contribution is -0.132. The van der Waals surface area contributed by atoms with Crippen molar-refractivity contribution in [3.63, 3.8) is 0 Å². The Bertz CT molecular complexity index is 1320. The largest absolute Gasteiger partial charge is 0.459 e. The number of benzene rings is 1. The summed E-state index contributed by atoms with van der Waals surface area (Å²) in [5, 5.41) is 0.972. The van der Waals surface area contributed by atoms with Crippen LogP contribution in [0.3, 0.4) is 0 Å². The van der Waals surface area contributed by atoms with E-state index in [4.69, 9.17) is 4.42 Å². The summed E-state index contributed by atoms with van der Waals surface area (Å²) in [5.74, 6) is 0.462. The van der Waals surface area contributed by atoms with E-state index < -0.39 is 11.2 Å². The van der Waals surface area contributed by atoms with E-state index in [1.165, 1.54) is 22.5 Å². The van der Waals surface area contributed by atoms with Gasteiger partial charge in [0.25, 0.3) is 5.56 Å². The van der Waals surface area contributed by atoms with Crippen LogP contribution in [0.4, 0.5) is 0 Å². The topological polar surface area (TPSA) is 95.3 Å². The van der Waals surface area contributed by atoms with E-state index in [-0.39, 0.29) is 29.7 Å². The molecule has 0 aliphatic heterocycles. The van der Waals surface area contributed by atoms with Gasteiger partial charge in [-0.15, -0.1) is 0 Å². The summed E-state index contributed by atoms with van der Waals surface area (Å²) in [6.45, 7) is 1.80. The van der Waals surface area contributed by atoms with E-state index in [0.29, 0.717) is 5.76 Å². The highest BCUT2D eigenvalue weighted by Crippen LogP contribution is 2.26. The van der Waals surface area contributed by atoms with Crippen LogP contribution in [0.1, 0.15) is 18.7 Å². The van der Waals surface area contributed by atoms with Gasteiger partial charge in [0, 0.05) is 26.5 Å². The Kier molecular flexibility index (Phi) is 4.37. The number of fused-ring (bicyclic) bond motifs is 2. The number of aryl methyl sites for hydroxylation is 1. The quantitative estimate of drug-likeness (QED) is 0.521. The summed E-state index contributed by atoms with van der Waals surface area (Å²) < 4.78 is 9.64. The van der Waals surface area contributed by atoms with Crippen LogP contribution in [0, 0.1) is 0 Å². The minimum Gasteiger partial charge on any atom is -0.459 e. The first-order valence-corrected chi connectivity index (χ1v) is 9.14. The van der Waals surface area contributed by atoms with E-state index in [0.717, 1.165) is 15.5 Å². The number of carbonyl (C=O) groups excluding carboxylic acids is 1. The van der Waals surface area contributed by atoms with Crippen molar-refractivity contribution in [3.05, 3.63) is 63.3 Å². The first kappa shape index (κ1) is 18.7. The summed E-state index contributed by atoms with van der Waals surface area (Å²) in [6.07, 6.45) is 1.41. The van der Waals surface area contributed by atoms with Crippen LogP contribution >= 0.6 is 0 Å². The van der Waals surface area contributed by atoms with Crippen LogP contribution in [0.15, 0.2) is 50.7 Å². The van der Waals surface area contributed by atoms with Crippen LogP contribution in [-0.2, 0) is 25.4 Å². The number of hydrogen-bond acceptors (Lipinski definition) is 5. The van der Waals surface area contributed by atoms with Gasteiger partial charge in [0.05, 0.1) is 12.4 Å². The standard InChI is InChI=1S/C20H21N5O4/c1-12(15-9-13-7-5-6-8-14(13)29-15)22(2)16(26)10-25-11-21-18-17(25)19(27)24(4)20(28)23(18)3/h5-9,11-12H,10H2,1-4H3. The Morgan fingerprint density at radius 1 is 1.21 bits per heavy atom. The van der Waals surface area contributed by atoms with Crippen molar-refractivity contribution < 1.29 is 9.21 Å². The molecular formula is C20H21N5O4. The Hall–Kier alpha value is -3.62. The van der Waals surface area contributed by atoms with E-state index in [9.17, 15) is 14.4 Å². The van der Waals surface area contributed by atoms with Gasteiger partial charge in [0.1, 0.15) is 17.9 Å². The molecule has 29 heavy (non-hydrogen) atoms. The van der Waals surface area contributed by atoms with Crippen LogP contribution in [0.2, 0.25) is 0 Å². The highest BCUT2D eigenvalue weighted by atomic mass is 16.3. The van der Waals surface area contributed by atoms with Crippen molar-refractivity contribution in [2.75, 3.05) is 7.05 Å². The number of furan rings is 1. The summed E-state index contributed by atoms with van der Waals surface area (Å²) in [4.78, 5) is 43.2. The van der Waals surface area contributed by atoms with Gasteiger partial charge in [-0.2, -0.15) is 0 Å². The van der Waals surface area contributed by atoms with Crippen molar-refractivity contribution in [2.45, 2.75) is 19.5 Å². The predicted molar refractivity (Wildman–Crippen MR) is 108 cm³/mol. The summed E-state index contributed by atoms with van der Waals surface area (Å²) in [7, 11) is 4.63. The molecule has 150 valence electrons. The molecule has 1 atom stereocenters. The summed E-state index contributed by atoms with van der Waals surface area (Å²) >= 11 is 0. The number of nitrogens with zero attached hydrogens (tertiary/aromatic N) is 5. The second-order valence-corrected chi connectivity index (χ2v) is 7.12. The van der Waals surface area contributed by atoms with Crippen molar-refractivity contribution in [1.82, 2.24) is 23.6 Å². The number of imidazole rings is 1. The molecule has 0 spiro atoms. The average molecular weight is 395 g/mol. The molecule has 1 aromatic carbocycles. The Labute approximate surface area is 165 Å². The first-order chi connectivity index (χ1) is 13.8. The molecule has 4 aromatic rings. The molecule has 0 bridgehead atoms. The third-order valence-electron chi connectivity index (χ3n) is 5.35. The van der Waals surface area contributed by atoms with Gasteiger partial charge in [0.2, 0.25) is 5.91 Å². The first-order valence-electron chi connectivity index (χ1n) is 9.14. The van der Waals surface area contributed by atoms with Crippen LogP contribution in [-0.4, -0.2) is 36.5 Å². The SMILES string of the molecule is CC(c1cc2ccccc2o1)N(C)C(=O)Cn1cnc2c1c(=O)n(C)c(=O)n2C. The number of rotatable bonds is 4. The average Bonchev–Trinajstić information content (AvgIpc) is 3.33. The molecule has 0 saturated carbocycles. The molecule has 0 saturated heterocycles. The molecule has 0 fully saturated rings. The van der Waals surface area contributed by atoms with Gasteiger partial charge in [0.15, 0.2) is 11.2 Å². The van der Waals surface area contributed by atoms with E-state index in [1.54, 1.807) is 19.0 Å². The van der Waals surface area contributed by atoms with E-state index >= 15 is 0 Å². The monoisotopic (exact) mass is 395 g/mol. The molecule has 0 radical (unpaired) electrons. The molecule has 3 aromatic heterocycles. The van der Waals surface area contributed by atoms with Crippen LogP contribution in [0.5, 0.6) is 0 Å². The number of likely N-dealkylation sites (N-methyl/N-ethyl adjacent to an activating group) is 1. The zero-order chi connectivity index (χ0) is 20.9. The summed E-state index contributed by atoms with van der Waals surface area (Å²) in [5.41, 5.74) is 0.280. The fourth-order valence-electron chi connectivity index (χ4n) is 3.39. The predicted octanol–water partition coefficient (Wildman–Crippen LogP) is 1.40. The van der Waals surface area contributed by atoms with Gasteiger partial charge < -0.3 is 13.9 Å². The normalized spacial score (nSPS) is 12.6. The molecule has 9 heteroatoms. The number of para-hydroxylation sites is 1. The maximum absolute atomic E-state index is 12.9. The Balaban J connectivity index is 1.64. The third kappa shape index (κ3) is 2.95. The van der Waals surface area contributed by atoms with Crippen molar-refractivity contribution >= 4 is 28.0 Å². The lowest BCUT2D eigenvalue weighted by Crippen LogP contribution is -2.38. The van der Waals surface area contributed by atoms with Gasteiger partial charge in [-0.25, -0.2) is 9.78 Å². The second-order valence-electron chi connectivity index (χ2n) is 7.12. The number of hydrogen-bond donors (Lipinski definition) is 0. The minimum atomic E-state index is -0.485. The van der Waals surface area contributed by atoms with Crippen molar-refractivity contribution in [2.24, 2.45) is 14.1 Å². The van der Waals surface area contributed by atoms with E-state index in [1.807, 2.05) is 37.3 Å². The Morgan fingerprint density at radius 2 is 1.93 bits per heavy atom. The maximum atomic E-state index is 12.9. The number of aromatic nitrogens is 4. The second kappa shape index (κ2) is 6.77. The molecule has 1 unspecified atom stereocenters. The molecular weight excluding hydrogens is 374 g/mol. The molecule has 1 amide bonds. The Morgan fingerprint density at radius 3 is 2.66 bits per heavy atom.